The van der Waals surface area contributed by atoms with Crippen LogP contribution in [0.15, 0.2) is 24.3 Å². The Kier molecular flexibility index (Phi) is 6.01. The lowest BCUT2D eigenvalue weighted by molar-refractivity contribution is -0.121. The molecule has 0 unspecified atom stereocenters. The van der Waals surface area contributed by atoms with E-state index in [1.54, 1.807) is 0 Å². The average molecular weight is 255 g/mol. The molecule has 0 saturated heterocycles. The summed E-state index contributed by atoms with van der Waals surface area (Å²) in [7, 11) is 0. The van der Waals surface area contributed by atoms with E-state index >= 15 is 0 Å². The zero-order valence-corrected chi connectivity index (χ0v) is 11.1. The van der Waals surface area contributed by atoms with Crippen LogP contribution in [0.1, 0.15) is 31.9 Å². The fourth-order valence-electron chi connectivity index (χ4n) is 1.53. The van der Waals surface area contributed by atoms with Crippen LogP contribution in [0, 0.1) is 0 Å². The lowest BCUT2D eigenvalue weighted by Gasteiger charge is -2.14. The number of benzene rings is 1. The summed E-state index contributed by atoms with van der Waals surface area (Å²) in [6, 6.07) is 7.53. The molecule has 1 aromatic rings. The van der Waals surface area contributed by atoms with Gasteiger partial charge < -0.3 is 10.6 Å². The second kappa shape index (κ2) is 7.30. The lowest BCUT2D eigenvalue weighted by Crippen LogP contribution is -2.29. The summed E-state index contributed by atoms with van der Waals surface area (Å²) in [4.78, 5) is 11.6. The van der Waals surface area contributed by atoms with Gasteiger partial charge in [-0.05, 0) is 31.2 Å². The summed E-state index contributed by atoms with van der Waals surface area (Å²) in [6.45, 7) is 5.60. The van der Waals surface area contributed by atoms with Gasteiger partial charge in [0.05, 0.1) is 6.04 Å². The number of carbonyl (C=O) groups excluding carboxylic acids is 1. The van der Waals surface area contributed by atoms with Gasteiger partial charge in [0.15, 0.2) is 0 Å². The summed E-state index contributed by atoms with van der Waals surface area (Å²) < 4.78 is 0. The van der Waals surface area contributed by atoms with E-state index in [2.05, 4.69) is 10.6 Å². The van der Waals surface area contributed by atoms with Crippen molar-refractivity contribution < 1.29 is 4.79 Å². The van der Waals surface area contributed by atoms with Gasteiger partial charge in [0.2, 0.25) is 5.91 Å². The van der Waals surface area contributed by atoms with E-state index in [-0.39, 0.29) is 11.9 Å². The van der Waals surface area contributed by atoms with E-state index in [0.717, 1.165) is 18.7 Å². The smallest absolute Gasteiger partial charge is 0.221 e. The number of halogens is 1. The molecule has 0 fully saturated rings. The third-order valence-corrected chi connectivity index (χ3v) is 2.78. The van der Waals surface area contributed by atoms with Crippen LogP contribution in [0.3, 0.4) is 0 Å². The molecule has 0 saturated carbocycles. The third kappa shape index (κ3) is 5.20. The Hall–Kier alpha value is -1.06. The van der Waals surface area contributed by atoms with Crippen molar-refractivity contribution in [3.05, 3.63) is 34.9 Å². The monoisotopic (exact) mass is 254 g/mol. The van der Waals surface area contributed by atoms with Crippen LogP contribution in [0.4, 0.5) is 0 Å². The van der Waals surface area contributed by atoms with Gasteiger partial charge in [0.1, 0.15) is 0 Å². The molecule has 1 amide bonds. The van der Waals surface area contributed by atoms with Gasteiger partial charge in [0.25, 0.3) is 0 Å². The van der Waals surface area contributed by atoms with Gasteiger partial charge in [-0.15, -0.1) is 0 Å². The molecule has 0 aliphatic rings. The molecule has 0 radical (unpaired) electrons. The van der Waals surface area contributed by atoms with Crippen LogP contribution in [0.2, 0.25) is 5.02 Å². The average Bonchev–Trinajstić information content (AvgIpc) is 2.30. The molecular weight excluding hydrogens is 236 g/mol. The third-order valence-electron chi connectivity index (χ3n) is 2.53. The van der Waals surface area contributed by atoms with Crippen molar-refractivity contribution in [2.45, 2.75) is 26.3 Å². The van der Waals surface area contributed by atoms with Crippen molar-refractivity contribution in [3.8, 4) is 0 Å². The molecule has 0 aliphatic heterocycles. The van der Waals surface area contributed by atoms with Crippen molar-refractivity contribution in [3.63, 3.8) is 0 Å². The molecule has 2 N–H and O–H groups in total. The van der Waals surface area contributed by atoms with Gasteiger partial charge in [-0.1, -0.05) is 30.7 Å². The number of hydrogen-bond donors (Lipinski definition) is 2. The van der Waals surface area contributed by atoms with Crippen molar-refractivity contribution in [2.24, 2.45) is 0 Å². The number of rotatable bonds is 6. The second-order valence-electron chi connectivity index (χ2n) is 3.94. The summed E-state index contributed by atoms with van der Waals surface area (Å²) in [5, 5.41) is 6.78. The molecular formula is C13H19ClN2O. The Bertz CT molecular complexity index is 351. The van der Waals surface area contributed by atoms with Crippen LogP contribution >= 0.6 is 11.6 Å². The molecule has 0 spiro atoms. The SMILES string of the molecule is CCNCCC(=O)N[C@@H](C)c1ccc(Cl)cc1. The van der Waals surface area contributed by atoms with E-state index in [1.807, 2.05) is 38.1 Å². The standard InChI is InChI=1S/C13H19ClN2O/c1-3-15-9-8-13(17)16-10(2)11-4-6-12(14)7-5-11/h4-7,10,15H,3,8-9H2,1-2H3,(H,16,17)/t10-/m0/s1. The van der Waals surface area contributed by atoms with Gasteiger partial charge in [0, 0.05) is 18.0 Å². The highest BCUT2D eigenvalue weighted by Gasteiger charge is 2.08. The summed E-state index contributed by atoms with van der Waals surface area (Å²) in [5.41, 5.74) is 1.06. The molecule has 1 aromatic carbocycles. The maximum Gasteiger partial charge on any atom is 0.221 e. The molecule has 1 atom stereocenters. The fraction of sp³-hybridized carbons (Fsp3) is 0.462. The molecule has 94 valence electrons. The number of carbonyl (C=O) groups is 1. The summed E-state index contributed by atoms with van der Waals surface area (Å²) in [6.07, 6.45) is 0.506. The van der Waals surface area contributed by atoms with E-state index in [0.29, 0.717) is 11.4 Å². The van der Waals surface area contributed by atoms with E-state index < -0.39 is 0 Å². The van der Waals surface area contributed by atoms with Crippen LogP contribution in [0.25, 0.3) is 0 Å². The second-order valence-corrected chi connectivity index (χ2v) is 4.38. The Balaban J connectivity index is 2.40. The van der Waals surface area contributed by atoms with Crippen molar-refractivity contribution in [2.75, 3.05) is 13.1 Å². The number of amides is 1. The van der Waals surface area contributed by atoms with Crippen LogP contribution in [0.5, 0.6) is 0 Å². The molecule has 1 rings (SSSR count). The first-order valence-corrected chi connectivity index (χ1v) is 6.26. The Labute approximate surface area is 108 Å². The largest absolute Gasteiger partial charge is 0.350 e. The first kappa shape index (κ1) is 14.0. The Morgan fingerprint density at radius 1 is 1.35 bits per heavy atom. The molecule has 0 heterocycles. The maximum atomic E-state index is 11.6. The predicted octanol–water partition coefficient (Wildman–Crippen LogP) is 2.52. The normalized spacial score (nSPS) is 12.2. The van der Waals surface area contributed by atoms with Crippen LogP contribution in [-0.4, -0.2) is 19.0 Å². The van der Waals surface area contributed by atoms with Crippen LogP contribution in [-0.2, 0) is 4.79 Å². The van der Waals surface area contributed by atoms with Crippen molar-refractivity contribution in [1.82, 2.24) is 10.6 Å². The quantitative estimate of drug-likeness (QED) is 0.766. The zero-order chi connectivity index (χ0) is 12.7. The number of nitrogens with one attached hydrogen (secondary N) is 2. The Morgan fingerprint density at radius 3 is 2.59 bits per heavy atom. The van der Waals surface area contributed by atoms with Gasteiger partial charge in [-0.25, -0.2) is 0 Å². The lowest BCUT2D eigenvalue weighted by atomic mass is 10.1. The first-order valence-electron chi connectivity index (χ1n) is 5.89. The molecule has 3 nitrogen and oxygen atoms in total. The molecule has 4 heteroatoms. The van der Waals surface area contributed by atoms with Gasteiger partial charge in [-0.3, -0.25) is 4.79 Å². The number of hydrogen-bond acceptors (Lipinski definition) is 2. The van der Waals surface area contributed by atoms with Gasteiger partial charge in [-0.2, -0.15) is 0 Å². The molecule has 0 bridgehead atoms. The van der Waals surface area contributed by atoms with E-state index in [9.17, 15) is 4.79 Å². The van der Waals surface area contributed by atoms with E-state index in [4.69, 9.17) is 11.6 Å². The summed E-state index contributed by atoms with van der Waals surface area (Å²) in [5.74, 6) is 0.0633. The molecule has 0 aromatic heterocycles. The highest BCUT2D eigenvalue weighted by Crippen LogP contribution is 2.15. The minimum absolute atomic E-state index is 0.0152. The minimum atomic E-state index is 0.0152. The summed E-state index contributed by atoms with van der Waals surface area (Å²) >= 11 is 5.81. The topological polar surface area (TPSA) is 41.1 Å². The Morgan fingerprint density at radius 2 is 2.00 bits per heavy atom. The predicted molar refractivity (Wildman–Crippen MR) is 71.2 cm³/mol. The molecule has 17 heavy (non-hydrogen) atoms. The highest BCUT2D eigenvalue weighted by molar-refractivity contribution is 6.30. The first-order chi connectivity index (χ1) is 8.13. The highest BCUT2D eigenvalue weighted by atomic mass is 35.5. The minimum Gasteiger partial charge on any atom is -0.350 e. The van der Waals surface area contributed by atoms with Crippen molar-refractivity contribution >= 4 is 17.5 Å². The van der Waals surface area contributed by atoms with Gasteiger partial charge >= 0.3 is 0 Å². The fourth-order valence-corrected chi connectivity index (χ4v) is 1.65. The van der Waals surface area contributed by atoms with Crippen molar-refractivity contribution in [1.29, 1.82) is 0 Å². The van der Waals surface area contributed by atoms with Crippen LogP contribution < -0.4 is 10.6 Å². The molecule has 0 aliphatic carbocycles. The van der Waals surface area contributed by atoms with E-state index in [1.165, 1.54) is 0 Å². The maximum absolute atomic E-state index is 11.6. The zero-order valence-electron chi connectivity index (χ0n) is 10.3.